The van der Waals surface area contributed by atoms with Crippen LogP contribution in [0.1, 0.15) is 45.7 Å². The molecule has 0 spiro atoms. The number of ketones is 1. The average molecular weight is 438 g/mol. The summed E-state index contributed by atoms with van der Waals surface area (Å²) in [5, 5.41) is 14.5. The van der Waals surface area contributed by atoms with Crippen LogP contribution >= 0.6 is 0 Å². The standard InChI is InChI=1S/C22H23N5O3S/c1-14(19-9-6-17(12-16(19)13-23)26-31(24,29)30)20-10-11-21(25-20)22(28)15-4-7-18(8-5-15)27(2)3/h4-12,14,25-26H,1-3H3,(H2,24,29,30). The van der Waals surface area contributed by atoms with E-state index in [1.165, 1.54) is 6.07 Å². The van der Waals surface area contributed by atoms with E-state index in [-0.39, 0.29) is 17.4 Å². The van der Waals surface area contributed by atoms with Crippen molar-refractivity contribution >= 4 is 27.4 Å². The predicted octanol–water partition coefficient (Wildman–Crippen LogP) is 2.95. The molecule has 0 saturated heterocycles. The first kappa shape index (κ1) is 22.1. The van der Waals surface area contributed by atoms with Crippen LogP contribution in [0, 0.1) is 11.3 Å². The highest BCUT2D eigenvalue weighted by Crippen LogP contribution is 2.29. The first-order chi connectivity index (χ1) is 14.6. The van der Waals surface area contributed by atoms with Crippen LogP contribution in [-0.4, -0.2) is 33.3 Å². The van der Waals surface area contributed by atoms with Crippen molar-refractivity contribution in [1.29, 1.82) is 5.26 Å². The van der Waals surface area contributed by atoms with Crippen molar-refractivity contribution in [3.05, 3.63) is 82.7 Å². The maximum atomic E-state index is 12.8. The number of nitrogens with two attached hydrogens (primary N) is 1. The summed E-state index contributed by atoms with van der Waals surface area (Å²) < 4.78 is 24.6. The van der Waals surface area contributed by atoms with Crippen molar-refractivity contribution in [3.63, 3.8) is 0 Å². The summed E-state index contributed by atoms with van der Waals surface area (Å²) >= 11 is 0. The quantitative estimate of drug-likeness (QED) is 0.489. The number of rotatable bonds is 7. The van der Waals surface area contributed by atoms with Crippen LogP contribution in [-0.2, 0) is 10.2 Å². The van der Waals surface area contributed by atoms with E-state index in [0.717, 1.165) is 11.4 Å². The lowest BCUT2D eigenvalue weighted by atomic mass is 9.93. The third-order valence-corrected chi connectivity index (χ3v) is 5.49. The fourth-order valence-electron chi connectivity index (χ4n) is 3.29. The minimum Gasteiger partial charge on any atom is -0.378 e. The number of anilines is 2. The monoisotopic (exact) mass is 437 g/mol. The zero-order chi connectivity index (χ0) is 22.8. The Balaban J connectivity index is 1.85. The second-order valence-electron chi connectivity index (χ2n) is 7.38. The van der Waals surface area contributed by atoms with Gasteiger partial charge in [-0.3, -0.25) is 9.52 Å². The molecular weight excluding hydrogens is 414 g/mol. The predicted molar refractivity (Wildman–Crippen MR) is 120 cm³/mol. The van der Waals surface area contributed by atoms with E-state index >= 15 is 0 Å². The second kappa shape index (κ2) is 8.63. The van der Waals surface area contributed by atoms with Gasteiger partial charge in [0.1, 0.15) is 0 Å². The molecule has 1 atom stereocenters. The number of H-pyrrole nitrogens is 1. The largest absolute Gasteiger partial charge is 0.378 e. The number of hydrogen-bond donors (Lipinski definition) is 3. The van der Waals surface area contributed by atoms with Gasteiger partial charge in [-0.1, -0.05) is 13.0 Å². The molecular formula is C22H23N5O3S. The van der Waals surface area contributed by atoms with Crippen molar-refractivity contribution in [2.45, 2.75) is 12.8 Å². The summed E-state index contributed by atoms with van der Waals surface area (Å²) in [6.45, 7) is 1.90. The highest BCUT2D eigenvalue weighted by atomic mass is 32.2. The topological polar surface area (TPSA) is 132 Å². The fraction of sp³-hybridized carbons (Fsp3) is 0.182. The average Bonchev–Trinajstić information content (AvgIpc) is 3.21. The highest BCUT2D eigenvalue weighted by Gasteiger charge is 2.18. The molecule has 9 heteroatoms. The number of benzene rings is 2. The van der Waals surface area contributed by atoms with Crippen molar-refractivity contribution < 1.29 is 13.2 Å². The van der Waals surface area contributed by atoms with E-state index in [0.29, 0.717) is 22.4 Å². The van der Waals surface area contributed by atoms with E-state index < -0.39 is 10.2 Å². The maximum Gasteiger partial charge on any atom is 0.296 e. The Labute approximate surface area is 181 Å². The van der Waals surface area contributed by atoms with Gasteiger partial charge < -0.3 is 9.88 Å². The Bertz CT molecular complexity index is 1260. The van der Waals surface area contributed by atoms with Crippen LogP contribution in [0.2, 0.25) is 0 Å². The number of carbonyl (C=O) groups excluding carboxylic acids is 1. The molecule has 1 unspecified atom stereocenters. The number of nitrogens with zero attached hydrogens (tertiary/aromatic N) is 2. The number of aromatic amines is 1. The molecule has 31 heavy (non-hydrogen) atoms. The van der Waals surface area contributed by atoms with E-state index in [1.54, 1.807) is 30.3 Å². The van der Waals surface area contributed by atoms with Crippen LogP contribution in [0.5, 0.6) is 0 Å². The lowest BCUT2D eigenvalue weighted by molar-refractivity contribution is 0.103. The third kappa shape index (κ3) is 5.12. The summed E-state index contributed by atoms with van der Waals surface area (Å²) in [7, 11) is -0.0672. The SMILES string of the molecule is CC(c1ccc(C(=O)c2ccc(N(C)C)cc2)[nH]1)c1ccc(NS(N)(=O)=O)cc1C#N. The molecule has 0 saturated carbocycles. The second-order valence-corrected chi connectivity index (χ2v) is 8.67. The molecule has 3 aromatic rings. The van der Waals surface area contributed by atoms with Crippen LogP contribution in [0.4, 0.5) is 11.4 Å². The third-order valence-electron chi connectivity index (χ3n) is 4.97. The molecule has 1 heterocycles. The van der Waals surface area contributed by atoms with Crippen molar-refractivity contribution in [2.75, 3.05) is 23.7 Å². The van der Waals surface area contributed by atoms with Gasteiger partial charge >= 0.3 is 0 Å². The number of aromatic nitrogens is 1. The molecule has 1 aromatic heterocycles. The summed E-state index contributed by atoms with van der Waals surface area (Å²) in [6.07, 6.45) is 0. The number of carbonyl (C=O) groups is 1. The molecule has 0 aliphatic carbocycles. The van der Waals surface area contributed by atoms with Crippen molar-refractivity contribution in [2.24, 2.45) is 5.14 Å². The molecule has 2 aromatic carbocycles. The lowest BCUT2D eigenvalue weighted by Crippen LogP contribution is -2.21. The van der Waals surface area contributed by atoms with Crippen LogP contribution in [0.25, 0.3) is 0 Å². The zero-order valence-corrected chi connectivity index (χ0v) is 18.2. The van der Waals surface area contributed by atoms with Gasteiger partial charge in [0.05, 0.1) is 23.0 Å². The van der Waals surface area contributed by atoms with Gasteiger partial charge in [-0.2, -0.15) is 13.7 Å². The Kier molecular flexibility index (Phi) is 6.15. The number of nitriles is 1. The van der Waals surface area contributed by atoms with Gasteiger partial charge in [0.15, 0.2) is 0 Å². The Hall–Kier alpha value is -3.61. The summed E-state index contributed by atoms with van der Waals surface area (Å²) in [5.41, 5.74) is 3.99. The van der Waals surface area contributed by atoms with Gasteiger partial charge in [-0.25, -0.2) is 5.14 Å². The van der Waals surface area contributed by atoms with Gasteiger partial charge in [-0.15, -0.1) is 0 Å². The van der Waals surface area contributed by atoms with Gasteiger partial charge in [0.2, 0.25) is 5.78 Å². The molecule has 0 aliphatic heterocycles. The van der Waals surface area contributed by atoms with Crippen LogP contribution < -0.4 is 14.8 Å². The van der Waals surface area contributed by atoms with Gasteiger partial charge in [0.25, 0.3) is 10.2 Å². The molecule has 0 aliphatic rings. The molecule has 0 radical (unpaired) electrons. The fourth-order valence-corrected chi connectivity index (χ4v) is 3.74. The Morgan fingerprint density at radius 1 is 1.13 bits per heavy atom. The minimum absolute atomic E-state index is 0.128. The molecule has 3 rings (SSSR count). The summed E-state index contributed by atoms with van der Waals surface area (Å²) in [6, 6.07) is 17.6. The Morgan fingerprint density at radius 2 is 1.81 bits per heavy atom. The van der Waals surface area contributed by atoms with Gasteiger partial charge in [0, 0.05) is 37.0 Å². The van der Waals surface area contributed by atoms with E-state index in [1.807, 2.05) is 44.1 Å². The van der Waals surface area contributed by atoms with Crippen molar-refractivity contribution in [3.8, 4) is 6.07 Å². The highest BCUT2D eigenvalue weighted by molar-refractivity contribution is 7.90. The van der Waals surface area contributed by atoms with Gasteiger partial charge in [-0.05, 0) is 54.1 Å². The molecule has 0 amide bonds. The van der Waals surface area contributed by atoms with Crippen LogP contribution in [0.3, 0.4) is 0 Å². The lowest BCUT2D eigenvalue weighted by Gasteiger charge is -2.14. The molecule has 0 bridgehead atoms. The zero-order valence-electron chi connectivity index (χ0n) is 17.4. The smallest absolute Gasteiger partial charge is 0.296 e. The summed E-state index contributed by atoms with van der Waals surface area (Å²) in [5.74, 6) is -0.354. The first-order valence-corrected chi connectivity index (χ1v) is 11.0. The normalized spacial score (nSPS) is 12.1. The van der Waals surface area contributed by atoms with E-state index in [4.69, 9.17) is 5.14 Å². The minimum atomic E-state index is -3.93. The Morgan fingerprint density at radius 3 is 2.39 bits per heavy atom. The molecule has 160 valence electrons. The number of hydrogen-bond acceptors (Lipinski definition) is 5. The first-order valence-electron chi connectivity index (χ1n) is 9.44. The van der Waals surface area contributed by atoms with Crippen molar-refractivity contribution in [1.82, 2.24) is 4.98 Å². The molecule has 4 N–H and O–H groups in total. The summed E-state index contributed by atoms with van der Waals surface area (Å²) in [4.78, 5) is 17.9. The molecule has 8 nitrogen and oxygen atoms in total. The maximum absolute atomic E-state index is 12.8. The van der Waals surface area contributed by atoms with E-state index in [2.05, 4.69) is 15.8 Å². The van der Waals surface area contributed by atoms with Crippen LogP contribution in [0.15, 0.2) is 54.6 Å². The number of nitrogens with one attached hydrogen (secondary N) is 2. The molecule has 0 fully saturated rings. The van der Waals surface area contributed by atoms with E-state index in [9.17, 15) is 18.5 Å².